The maximum atomic E-state index is 11.6. The average Bonchev–Trinajstić information content (AvgIpc) is 2.25. The molecule has 0 radical (unpaired) electrons. The molecule has 0 aliphatic carbocycles. The Morgan fingerprint density at radius 2 is 2.18 bits per heavy atom. The van der Waals surface area contributed by atoms with Crippen molar-refractivity contribution >= 4 is 29.9 Å². The fourth-order valence-corrected chi connectivity index (χ4v) is 1.63. The molecule has 0 aromatic heterocycles. The van der Waals surface area contributed by atoms with Crippen LogP contribution in [-0.2, 0) is 11.3 Å². The van der Waals surface area contributed by atoms with Crippen molar-refractivity contribution in [3.8, 4) is 0 Å². The molecular weight excluding hydrogens is 259 g/mol. The number of carbonyl (C=O) groups is 1. The fraction of sp³-hybridized carbons (Fsp3) is 0.417. The van der Waals surface area contributed by atoms with Gasteiger partial charge in [-0.25, -0.2) is 0 Å². The lowest BCUT2D eigenvalue weighted by Gasteiger charge is -2.17. The molecule has 0 fully saturated rings. The molecule has 96 valence electrons. The summed E-state index contributed by atoms with van der Waals surface area (Å²) < 4.78 is 0. The van der Waals surface area contributed by atoms with Gasteiger partial charge in [0.2, 0.25) is 5.91 Å². The van der Waals surface area contributed by atoms with Gasteiger partial charge in [0, 0.05) is 31.6 Å². The van der Waals surface area contributed by atoms with E-state index in [1.807, 2.05) is 31.3 Å². The summed E-state index contributed by atoms with van der Waals surface area (Å²) in [4.78, 5) is 13.4. The highest BCUT2D eigenvalue weighted by molar-refractivity contribution is 6.30. The van der Waals surface area contributed by atoms with Gasteiger partial charge in [-0.3, -0.25) is 4.79 Å². The molecule has 1 N–H and O–H groups in total. The van der Waals surface area contributed by atoms with E-state index >= 15 is 0 Å². The molecule has 17 heavy (non-hydrogen) atoms. The molecule has 1 aromatic carbocycles. The molecule has 0 heterocycles. The standard InChI is InChI=1S/C12H17ClN2O.ClH/c1-14-7-6-12(16)15(2)9-10-4-3-5-11(13)8-10;/h3-5,8,14H,6-7,9H2,1-2H3;1H. The monoisotopic (exact) mass is 276 g/mol. The van der Waals surface area contributed by atoms with E-state index in [1.165, 1.54) is 0 Å². The van der Waals surface area contributed by atoms with E-state index in [-0.39, 0.29) is 18.3 Å². The minimum absolute atomic E-state index is 0. The second kappa shape index (κ2) is 8.34. The van der Waals surface area contributed by atoms with Crippen LogP contribution in [0.1, 0.15) is 12.0 Å². The number of hydrogen-bond donors (Lipinski definition) is 1. The van der Waals surface area contributed by atoms with E-state index in [0.29, 0.717) is 24.5 Å². The predicted octanol–water partition coefficient (Wildman–Crippen LogP) is 2.33. The minimum Gasteiger partial charge on any atom is -0.341 e. The van der Waals surface area contributed by atoms with Crippen LogP contribution in [0.15, 0.2) is 24.3 Å². The van der Waals surface area contributed by atoms with Crippen LogP contribution in [0.3, 0.4) is 0 Å². The molecule has 3 nitrogen and oxygen atoms in total. The van der Waals surface area contributed by atoms with Gasteiger partial charge in [-0.15, -0.1) is 12.4 Å². The number of hydrogen-bond acceptors (Lipinski definition) is 2. The van der Waals surface area contributed by atoms with Crippen molar-refractivity contribution in [2.45, 2.75) is 13.0 Å². The minimum atomic E-state index is 0. The Hall–Kier alpha value is -0.770. The van der Waals surface area contributed by atoms with Gasteiger partial charge >= 0.3 is 0 Å². The van der Waals surface area contributed by atoms with E-state index in [9.17, 15) is 4.79 Å². The third-order valence-electron chi connectivity index (χ3n) is 2.32. The second-order valence-electron chi connectivity index (χ2n) is 3.73. The molecule has 5 heteroatoms. The lowest BCUT2D eigenvalue weighted by molar-refractivity contribution is -0.130. The molecule has 1 amide bonds. The van der Waals surface area contributed by atoms with Gasteiger partial charge in [0.05, 0.1) is 0 Å². The van der Waals surface area contributed by atoms with Crippen LogP contribution in [0.2, 0.25) is 5.02 Å². The van der Waals surface area contributed by atoms with Gasteiger partial charge < -0.3 is 10.2 Å². The number of amides is 1. The number of nitrogens with zero attached hydrogens (tertiary/aromatic N) is 1. The smallest absolute Gasteiger partial charge is 0.223 e. The Morgan fingerprint density at radius 3 is 2.76 bits per heavy atom. The fourth-order valence-electron chi connectivity index (χ4n) is 1.42. The maximum absolute atomic E-state index is 11.6. The zero-order chi connectivity index (χ0) is 12.0. The summed E-state index contributed by atoms with van der Waals surface area (Å²) in [5.74, 6) is 0.134. The normalized spacial score (nSPS) is 9.59. The first-order valence-electron chi connectivity index (χ1n) is 5.26. The van der Waals surface area contributed by atoms with Crippen LogP contribution in [-0.4, -0.2) is 31.4 Å². The van der Waals surface area contributed by atoms with Crippen LogP contribution in [0.25, 0.3) is 0 Å². The molecule has 0 aliphatic rings. The molecule has 0 atom stereocenters. The summed E-state index contributed by atoms with van der Waals surface area (Å²) in [6, 6.07) is 7.56. The van der Waals surface area contributed by atoms with Crippen molar-refractivity contribution in [2.24, 2.45) is 0 Å². The highest BCUT2D eigenvalue weighted by atomic mass is 35.5. The van der Waals surface area contributed by atoms with E-state index in [1.54, 1.807) is 11.9 Å². The average molecular weight is 277 g/mol. The zero-order valence-corrected chi connectivity index (χ0v) is 11.6. The molecule has 0 aliphatic heterocycles. The molecule has 0 bridgehead atoms. The largest absolute Gasteiger partial charge is 0.341 e. The van der Waals surface area contributed by atoms with Crippen molar-refractivity contribution in [1.82, 2.24) is 10.2 Å². The first-order chi connectivity index (χ1) is 7.63. The molecule has 0 unspecified atom stereocenters. The topological polar surface area (TPSA) is 32.3 Å². The predicted molar refractivity (Wildman–Crippen MR) is 73.7 cm³/mol. The second-order valence-corrected chi connectivity index (χ2v) is 4.17. The third-order valence-corrected chi connectivity index (χ3v) is 2.56. The number of nitrogens with one attached hydrogen (secondary N) is 1. The highest BCUT2D eigenvalue weighted by Crippen LogP contribution is 2.12. The van der Waals surface area contributed by atoms with Crippen LogP contribution in [0.5, 0.6) is 0 Å². The van der Waals surface area contributed by atoms with E-state index in [2.05, 4.69) is 5.32 Å². The van der Waals surface area contributed by atoms with Crippen molar-refractivity contribution < 1.29 is 4.79 Å². The van der Waals surface area contributed by atoms with Gasteiger partial charge in [0.15, 0.2) is 0 Å². The van der Waals surface area contributed by atoms with Crippen LogP contribution < -0.4 is 5.32 Å². The van der Waals surface area contributed by atoms with E-state index in [4.69, 9.17) is 11.6 Å². The summed E-state index contributed by atoms with van der Waals surface area (Å²) in [5.41, 5.74) is 1.05. The number of carbonyl (C=O) groups excluding carboxylic acids is 1. The van der Waals surface area contributed by atoms with Gasteiger partial charge in [0.1, 0.15) is 0 Å². The summed E-state index contributed by atoms with van der Waals surface area (Å²) in [6.45, 7) is 1.31. The third kappa shape index (κ3) is 5.91. The lowest BCUT2D eigenvalue weighted by atomic mass is 10.2. The SMILES string of the molecule is CNCCC(=O)N(C)Cc1cccc(Cl)c1.Cl. The quantitative estimate of drug-likeness (QED) is 0.896. The molecule has 1 rings (SSSR count). The number of rotatable bonds is 5. The Balaban J connectivity index is 0.00000256. The Morgan fingerprint density at radius 1 is 1.47 bits per heavy atom. The van der Waals surface area contributed by atoms with E-state index < -0.39 is 0 Å². The van der Waals surface area contributed by atoms with Crippen molar-refractivity contribution in [1.29, 1.82) is 0 Å². The first kappa shape index (κ1) is 16.2. The summed E-state index contributed by atoms with van der Waals surface area (Å²) >= 11 is 5.88. The van der Waals surface area contributed by atoms with Gasteiger partial charge in [0.25, 0.3) is 0 Å². The molecule has 0 saturated heterocycles. The van der Waals surface area contributed by atoms with Crippen molar-refractivity contribution in [2.75, 3.05) is 20.6 Å². The Kier molecular flexibility index (Phi) is 7.96. The highest BCUT2D eigenvalue weighted by Gasteiger charge is 2.08. The summed E-state index contributed by atoms with van der Waals surface area (Å²) in [7, 11) is 3.64. The summed E-state index contributed by atoms with van der Waals surface area (Å²) in [5, 5.41) is 3.66. The molecule has 1 aromatic rings. The zero-order valence-electron chi connectivity index (χ0n) is 10.1. The molecular formula is C12H18Cl2N2O. The number of benzene rings is 1. The Labute approximate surface area is 114 Å². The Bertz CT molecular complexity index is 358. The van der Waals surface area contributed by atoms with Crippen molar-refractivity contribution in [3.05, 3.63) is 34.9 Å². The van der Waals surface area contributed by atoms with Gasteiger partial charge in [-0.05, 0) is 24.7 Å². The number of halogens is 2. The van der Waals surface area contributed by atoms with Gasteiger partial charge in [-0.2, -0.15) is 0 Å². The van der Waals surface area contributed by atoms with Crippen LogP contribution >= 0.6 is 24.0 Å². The van der Waals surface area contributed by atoms with Crippen molar-refractivity contribution in [3.63, 3.8) is 0 Å². The van der Waals surface area contributed by atoms with Crippen LogP contribution in [0.4, 0.5) is 0 Å². The molecule has 0 saturated carbocycles. The van der Waals surface area contributed by atoms with Crippen LogP contribution in [0, 0.1) is 0 Å². The van der Waals surface area contributed by atoms with Gasteiger partial charge in [-0.1, -0.05) is 23.7 Å². The molecule has 0 spiro atoms. The maximum Gasteiger partial charge on any atom is 0.223 e. The lowest BCUT2D eigenvalue weighted by Crippen LogP contribution is -2.28. The van der Waals surface area contributed by atoms with E-state index in [0.717, 1.165) is 5.56 Å². The first-order valence-corrected chi connectivity index (χ1v) is 5.64. The summed E-state index contributed by atoms with van der Waals surface area (Å²) in [6.07, 6.45) is 0.521.